The summed E-state index contributed by atoms with van der Waals surface area (Å²) < 4.78 is 33.1. The Hall–Kier alpha value is -3.03. The van der Waals surface area contributed by atoms with Crippen molar-refractivity contribution < 1.29 is 17.9 Å². The van der Waals surface area contributed by atoms with Gasteiger partial charge in [0.2, 0.25) is 0 Å². The minimum Gasteiger partial charge on any atom is -0.484 e. The van der Waals surface area contributed by atoms with E-state index in [1.165, 1.54) is 29.8 Å². The molecule has 3 rings (SSSR count). The number of nitrogens with one attached hydrogen (secondary N) is 2. The van der Waals surface area contributed by atoms with Gasteiger partial charge in [0.25, 0.3) is 15.9 Å². The highest BCUT2D eigenvalue weighted by Crippen LogP contribution is 2.24. The van der Waals surface area contributed by atoms with E-state index in [-0.39, 0.29) is 17.4 Å². The zero-order chi connectivity index (χ0) is 23.3. The van der Waals surface area contributed by atoms with Gasteiger partial charge in [-0.1, -0.05) is 43.6 Å². The molecule has 0 saturated carbocycles. The predicted molar refractivity (Wildman–Crippen MR) is 128 cm³/mol. The molecule has 0 spiro atoms. The second-order valence-corrected chi connectivity index (χ2v) is 9.74. The first-order valence-electron chi connectivity index (χ1n) is 10.1. The summed E-state index contributed by atoms with van der Waals surface area (Å²) in [6.45, 7) is 5.85. The lowest BCUT2D eigenvalue weighted by Crippen LogP contribution is -2.20. The lowest BCUT2D eigenvalue weighted by Gasteiger charge is -2.11. The molecule has 0 aromatic heterocycles. The van der Waals surface area contributed by atoms with Crippen LogP contribution in [0.1, 0.15) is 30.9 Å². The van der Waals surface area contributed by atoms with Gasteiger partial charge in [-0.2, -0.15) is 0 Å². The number of carbonyl (C=O) groups is 1. The third-order valence-corrected chi connectivity index (χ3v) is 6.59. The molecule has 3 aromatic rings. The number of ether oxygens (including phenoxy) is 1. The average Bonchev–Trinajstić information content (AvgIpc) is 2.75. The first-order chi connectivity index (χ1) is 15.1. The normalized spacial score (nSPS) is 11.3. The Labute approximate surface area is 193 Å². The molecule has 1 amide bonds. The van der Waals surface area contributed by atoms with Crippen molar-refractivity contribution in [1.82, 2.24) is 0 Å². The molecule has 0 fully saturated rings. The molecule has 8 heteroatoms. The van der Waals surface area contributed by atoms with E-state index >= 15 is 0 Å². The highest BCUT2D eigenvalue weighted by atomic mass is 35.5. The van der Waals surface area contributed by atoms with Crippen LogP contribution < -0.4 is 14.8 Å². The van der Waals surface area contributed by atoms with E-state index < -0.39 is 10.0 Å². The number of sulfonamides is 1. The van der Waals surface area contributed by atoms with Gasteiger partial charge in [-0.25, -0.2) is 8.42 Å². The fourth-order valence-corrected chi connectivity index (χ4v) is 4.11. The third-order valence-electron chi connectivity index (χ3n) is 4.79. The molecule has 0 heterocycles. The summed E-state index contributed by atoms with van der Waals surface area (Å²) in [6.07, 6.45) is 0. The smallest absolute Gasteiger partial charge is 0.262 e. The molecule has 32 heavy (non-hydrogen) atoms. The summed E-state index contributed by atoms with van der Waals surface area (Å²) >= 11 is 6.06. The molecule has 2 N–H and O–H groups in total. The fourth-order valence-electron chi connectivity index (χ4n) is 2.88. The van der Waals surface area contributed by atoms with Crippen molar-refractivity contribution in [2.45, 2.75) is 31.6 Å². The molecule has 3 aromatic carbocycles. The van der Waals surface area contributed by atoms with E-state index in [1.54, 1.807) is 18.2 Å². The standard InChI is InChI=1S/C24H25ClN2O4S/c1-16(2)18-5-8-19(9-6-18)26-24(28)15-31-21-10-12-22(13-11-21)32(29,30)27-20-7-4-17(3)23(25)14-20/h4-14,16,27H,15H2,1-3H3,(H,26,28). The number of amides is 1. The van der Waals surface area contributed by atoms with Crippen LogP contribution in [0.4, 0.5) is 11.4 Å². The Morgan fingerprint density at radius 2 is 1.59 bits per heavy atom. The summed E-state index contributed by atoms with van der Waals surface area (Å²) in [5, 5.41) is 3.24. The molecule has 0 aliphatic heterocycles. The number of benzene rings is 3. The predicted octanol–water partition coefficient (Wildman–Crippen LogP) is 5.59. The van der Waals surface area contributed by atoms with Gasteiger partial charge in [-0.3, -0.25) is 9.52 Å². The molecular formula is C24H25ClN2O4S. The maximum atomic E-state index is 12.6. The van der Waals surface area contributed by atoms with Crippen LogP contribution in [-0.4, -0.2) is 20.9 Å². The zero-order valence-corrected chi connectivity index (χ0v) is 19.6. The maximum Gasteiger partial charge on any atom is 0.262 e. The maximum absolute atomic E-state index is 12.6. The van der Waals surface area contributed by atoms with E-state index in [1.807, 2.05) is 31.2 Å². The van der Waals surface area contributed by atoms with E-state index in [0.29, 0.717) is 28.1 Å². The quantitative estimate of drug-likeness (QED) is 0.447. The Bertz CT molecular complexity index is 1190. The lowest BCUT2D eigenvalue weighted by molar-refractivity contribution is -0.118. The Kier molecular flexibility index (Phi) is 7.43. The second-order valence-electron chi connectivity index (χ2n) is 7.65. The van der Waals surface area contributed by atoms with Crippen molar-refractivity contribution in [3.05, 3.63) is 82.9 Å². The molecule has 0 bridgehead atoms. The summed E-state index contributed by atoms with van der Waals surface area (Å²) in [4.78, 5) is 12.2. The van der Waals surface area contributed by atoms with Crippen LogP contribution in [0.2, 0.25) is 5.02 Å². The SMILES string of the molecule is Cc1ccc(NS(=O)(=O)c2ccc(OCC(=O)Nc3ccc(C(C)C)cc3)cc2)cc1Cl. The number of aryl methyl sites for hydroxylation is 1. The van der Waals surface area contributed by atoms with Crippen LogP contribution in [0.15, 0.2) is 71.6 Å². The zero-order valence-electron chi connectivity index (χ0n) is 18.1. The Morgan fingerprint density at radius 3 is 2.19 bits per heavy atom. The number of halogens is 1. The van der Waals surface area contributed by atoms with Gasteiger partial charge in [0.15, 0.2) is 6.61 Å². The molecule has 0 radical (unpaired) electrons. The molecule has 6 nitrogen and oxygen atoms in total. The molecule has 168 valence electrons. The van der Waals surface area contributed by atoms with E-state index in [2.05, 4.69) is 23.9 Å². The molecule has 0 aliphatic carbocycles. The van der Waals surface area contributed by atoms with Crippen molar-refractivity contribution in [1.29, 1.82) is 0 Å². The van der Waals surface area contributed by atoms with Crippen LogP contribution in [0, 0.1) is 6.92 Å². The Balaban J connectivity index is 1.56. The van der Waals surface area contributed by atoms with Crippen molar-refractivity contribution in [3.63, 3.8) is 0 Å². The van der Waals surface area contributed by atoms with Crippen molar-refractivity contribution in [2.24, 2.45) is 0 Å². The summed E-state index contributed by atoms with van der Waals surface area (Å²) in [5.41, 5.74) is 3.10. The van der Waals surface area contributed by atoms with Gasteiger partial charge in [0.05, 0.1) is 10.6 Å². The summed E-state index contributed by atoms with van der Waals surface area (Å²) in [6, 6.07) is 18.4. The van der Waals surface area contributed by atoms with E-state index in [9.17, 15) is 13.2 Å². The van der Waals surface area contributed by atoms with Gasteiger partial charge in [-0.15, -0.1) is 0 Å². The van der Waals surface area contributed by atoms with Gasteiger partial charge < -0.3 is 10.1 Å². The first kappa shape index (κ1) is 23.6. The topological polar surface area (TPSA) is 84.5 Å². The summed E-state index contributed by atoms with van der Waals surface area (Å²) in [5.74, 6) is 0.490. The second kappa shape index (κ2) is 10.1. The number of carbonyl (C=O) groups excluding carboxylic acids is 1. The highest BCUT2D eigenvalue weighted by Gasteiger charge is 2.15. The lowest BCUT2D eigenvalue weighted by atomic mass is 10.0. The van der Waals surface area contributed by atoms with Crippen LogP contribution >= 0.6 is 11.6 Å². The number of anilines is 2. The number of hydrogen-bond acceptors (Lipinski definition) is 4. The van der Waals surface area contributed by atoms with Gasteiger partial charge >= 0.3 is 0 Å². The van der Waals surface area contributed by atoms with E-state index in [4.69, 9.17) is 16.3 Å². The Morgan fingerprint density at radius 1 is 0.969 bits per heavy atom. The van der Waals surface area contributed by atoms with E-state index in [0.717, 1.165) is 5.56 Å². The van der Waals surface area contributed by atoms with Gasteiger partial charge in [-0.05, 0) is 72.5 Å². The van der Waals surface area contributed by atoms with Crippen molar-refractivity contribution in [2.75, 3.05) is 16.6 Å². The minimum absolute atomic E-state index is 0.0660. The molecule has 0 saturated heterocycles. The largest absolute Gasteiger partial charge is 0.484 e. The fraction of sp³-hybridized carbons (Fsp3) is 0.208. The highest BCUT2D eigenvalue weighted by molar-refractivity contribution is 7.92. The molecule has 0 unspecified atom stereocenters. The molecular weight excluding hydrogens is 448 g/mol. The third kappa shape index (κ3) is 6.24. The van der Waals surface area contributed by atoms with Gasteiger partial charge in [0.1, 0.15) is 5.75 Å². The first-order valence-corrected chi connectivity index (χ1v) is 11.9. The van der Waals surface area contributed by atoms with Crippen LogP contribution in [0.25, 0.3) is 0 Å². The summed E-state index contributed by atoms with van der Waals surface area (Å²) in [7, 11) is -3.78. The van der Waals surface area contributed by atoms with Crippen LogP contribution in [0.5, 0.6) is 5.75 Å². The molecule has 0 aliphatic rings. The minimum atomic E-state index is -3.78. The van der Waals surface area contributed by atoms with Gasteiger partial charge in [0, 0.05) is 10.7 Å². The van der Waals surface area contributed by atoms with Crippen molar-refractivity contribution in [3.8, 4) is 5.75 Å². The average molecular weight is 473 g/mol. The molecule has 0 atom stereocenters. The van der Waals surface area contributed by atoms with Crippen LogP contribution in [-0.2, 0) is 14.8 Å². The van der Waals surface area contributed by atoms with Crippen LogP contribution in [0.3, 0.4) is 0 Å². The monoisotopic (exact) mass is 472 g/mol. The number of hydrogen-bond donors (Lipinski definition) is 2. The number of rotatable bonds is 8. The van der Waals surface area contributed by atoms with Crippen molar-refractivity contribution >= 4 is 38.9 Å².